The summed E-state index contributed by atoms with van der Waals surface area (Å²) in [5.74, 6) is -0.529. The third-order valence-electron chi connectivity index (χ3n) is 2.70. The number of hydrogen-bond donors (Lipinski definition) is 2. The lowest BCUT2D eigenvalue weighted by atomic mass is 10.1. The first kappa shape index (κ1) is 15.4. The monoisotopic (exact) mass is 268 g/mol. The van der Waals surface area contributed by atoms with Gasteiger partial charge in [0.05, 0.1) is 12.5 Å². The second-order valence-corrected chi connectivity index (χ2v) is 4.90. The maximum absolute atomic E-state index is 13.2. The molecule has 1 amide bonds. The zero-order valence-corrected chi connectivity index (χ0v) is 11.6. The van der Waals surface area contributed by atoms with Crippen molar-refractivity contribution in [1.82, 2.24) is 5.32 Å². The van der Waals surface area contributed by atoms with Crippen LogP contribution in [0.1, 0.15) is 26.3 Å². The normalized spacial score (nSPS) is 12.5. The Labute approximate surface area is 113 Å². The Kier molecular flexibility index (Phi) is 5.76. The zero-order chi connectivity index (χ0) is 14.4. The number of benzene rings is 1. The summed E-state index contributed by atoms with van der Waals surface area (Å²) in [6.45, 7) is 6.41. The van der Waals surface area contributed by atoms with E-state index in [9.17, 15) is 9.18 Å². The molecule has 0 saturated carbocycles. The highest BCUT2D eigenvalue weighted by Crippen LogP contribution is 2.20. The van der Waals surface area contributed by atoms with Crippen LogP contribution in [0.2, 0.25) is 0 Å². The topological polar surface area (TPSA) is 64.3 Å². The van der Waals surface area contributed by atoms with Crippen molar-refractivity contribution in [2.24, 2.45) is 11.7 Å². The fraction of sp³-hybridized carbons (Fsp3) is 0.500. The van der Waals surface area contributed by atoms with Gasteiger partial charge in [-0.2, -0.15) is 0 Å². The fourth-order valence-electron chi connectivity index (χ4n) is 1.44. The minimum absolute atomic E-state index is 0.190. The van der Waals surface area contributed by atoms with Crippen molar-refractivity contribution in [3.63, 3.8) is 0 Å². The highest BCUT2D eigenvalue weighted by atomic mass is 19.1. The quantitative estimate of drug-likeness (QED) is 0.793. The summed E-state index contributed by atoms with van der Waals surface area (Å²) in [6, 6.07) is 4.63. The summed E-state index contributed by atoms with van der Waals surface area (Å²) in [5.41, 5.74) is 5.90. The molecule has 0 heterocycles. The van der Waals surface area contributed by atoms with Crippen molar-refractivity contribution < 1.29 is 13.9 Å². The second kappa shape index (κ2) is 7.09. The number of primary amides is 1. The molecular formula is C14H21FN2O2. The van der Waals surface area contributed by atoms with Gasteiger partial charge < -0.3 is 15.8 Å². The second-order valence-electron chi connectivity index (χ2n) is 4.90. The average molecular weight is 268 g/mol. The van der Waals surface area contributed by atoms with Crippen LogP contribution < -0.4 is 15.8 Å². The summed E-state index contributed by atoms with van der Waals surface area (Å²) < 4.78 is 18.8. The molecule has 106 valence electrons. The molecule has 0 aliphatic carbocycles. The molecule has 1 aromatic carbocycles. The molecule has 5 heteroatoms. The molecule has 0 aliphatic heterocycles. The molecular weight excluding hydrogens is 247 g/mol. The standard InChI is InChI=1S/C14H21FN2O2/c1-9(2)17-7-11-6-12(15)4-5-13(11)19-8-10(3)14(16)18/h4-6,9-10,17H,7-8H2,1-3H3,(H2,16,18). The van der Waals surface area contributed by atoms with Gasteiger partial charge in [0.2, 0.25) is 5.91 Å². The van der Waals surface area contributed by atoms with Gasteiger partial charge in [-0.25, -0.2) is 4.39 Å². The van der Waals surface area contributed by atoms with Crippen LogP contribution in [0.25, 0.3) is 0 Å². The third-order valence-corrected chi connectivity index (χ3v) is 2.70. The smallest absolute Gasteiger partial charge is 0.223 e. The first-order chi connectivity index (χ1) is 8.90. The Bertz CT molecular complexity index is 435. The van der Waals surface area contributed by atoms with Gasteiger partial charge in [0.25, 0.3) is 0 Å². The summed E-state index contributed by atoms with van der Waals surface area (Å²) in [7, 11) is 0. The van der Waals surface area contributed by atoms with Crippen molar-refractivity contribution in [3.8, 4) is 5.75 Å². The average Bonchev–Trinajstić information content (AvgIpc) is 2.34. The summed E-state index contributed by atoms with van der Waals surface area (Å²) in [5, 5.41) is 3.20. The molecule has 0 aliphatic rings. The molecule has 1 aromatic rings. The van der Waals surface area contributed by atoms with Gasteiger partial charge in [-0.3, -0.25) is 4.79 Å². The molecule has 1 rings (SSSR count). The molecule has 0 fully saturated rings. The van der Waals surface area contributed by atoms with Crippen molar-refractivity contribution in [2.75, 3.05) is 6.61 Å². The van der Waals surface area contributed by atoms with Crippen LogP contribution in [0.4, 0.5) is 4.39 Å². The molecule has 1 atom stereocenters. The van der Waals surface area contributed by atoms with E-state index in [0.29, 0.717) is 18.3 Å². The van der Waals surface area contributed by atoms with E-state index in [-0.39, 0.29) is 18.3 Å². The maximum atomic E-state index is 13.2. The summed E-state index contributed by atoms with van der Waals surface area (Å²) in [4.78, 5) is 10.9. The minimum atomic E-state index is -0.413. The van der Waals surface area contributed by atoms with Gasteiger partial charge >= 0.3 is 0 Å². The van der Waals surface area contributed by atoms with E-state index < -0.39 is 5.91 Å². The van der Waals surface area contributed by atoms with Crippen LogP contribution in [0.15, 0.2) is 18.2 Å². The van der Waals surface area contributed by atoms with Crippen molar-refractivity contribution >= 4 is 5.91 Å². The Balaban J connectivity index is 2.73. The van der Waals surface area contributed by atoms with Crippen LogP contribution in [0, 0.1) is 11.7 Å². The highest BCUT2D eigenvalue weighted by Gasteiger charge is 2.12. The van der Waals surface area contributed by atoms with E-state index >= 15 is 0 Å². The predicted molar refractivity (Wildman–Crippen MR) is 72.2 cm³/mol. The number of halogens is 1. The van der Waals surface area contributed by atoms with Gasteiger partial charge in [-0.05, 0) is 18.2 Å². The van der Waals surface area contributed by atoms with Gasteiger partial charge in [-0.15, -0.1) is 0 Å². The van der Waals surface area contributed by atoms with E-state index in [0.717, 1.165) is 5.56 Å². The van der Waals surface area contributed by atoms with Crippen LogP contribution in [0.5, 0.6) is 5.75 Å². The van der Waals surface area contributed by atoms with Crippen LogP contribution in [-0.2, 0) is 11.3 Å². The van der Waals surface area contributed by atoms with E-state index in [4.69, 9.17) is 10.5 Å². The first-order valence-corrected chi connectivity index (χ1v) is 6.34. The lowest BCUT2D eigenvalue weighted by Gasteiger charge is -2.15. The van der Waals surface area contributed by atoms with E-state index in [1.807, 2.05) is 13.8 Å². The molecule has 0 bridgehead atoms. The number of carbonyl (C=O) groups is 1. The molecule has 3 N–H and O–H groups in total. The summed E-state index contributed by atoms with van der Waals surface area (Å²) >= 11 is 0. The Morgan fingerprint density at radius 2 is 2.11 bits per heavy atom. The molecule has 0 radical (unpaired) electrons. The molecule has 0 aromatic heterocycles. The Morgan fingerprint density at radius 3 is 2.68 bits per heavy atom. The number of hydrogen-bond acceptors (Lipinski definition) is 3. The van der Waals surface area contributed by atoms with Gasteiger partial charge in [0, 0.05) is 18.2 Å². The number of amides is 1. The van der Waals surface area contributed by atoms with Crippen molar-refractivity contribution in [3.05, 3.63) is 29.6 Å². The molecule has 19 heavy (non-hydrogen) atoms. The molecule has 1 unspecified atom stereocenters. The van der Waals surface area contributed by atoms with Crippen LogP contribution in [0.3, 0.4) is 0 Å². The molecule has 4 nitrogen and oxygen atoms in total. The lowest BCUT2D eigenvalue weighted by Crippen LogP contribution is -2.26. The number of carbonyl (C=O) groups excluding carboxylic acids is 1. The van der Waals surface area contributed by atoms with Crippen LogP contribution in [-0.4, -0.2) is 18.6 Å². The molecule has 0 spiro atoms. The van der Waals surface area contributed by atoms with E-state index in [1.54, 1.807) is 13.0 Å². The Morgan fingerprint density at radius 1 is 1.42 bits per heavy atom. The number of nitrogens with one attached hydrogen (secondary N) is 1. The minimum Gasteiger partial charge on any atom is -0.492 e. The van der Waals surface area contributed by atoms with Crippen molar-refractivity contribution in [1.29, 1.82) is 0 Å². The number of nitrogens with two attached hydrogens (primary N) is 1. The fourth-order valence-corrected chi connectivity index (χ4v) is 1.44. The Hall–Kier alpha value is -1.62. The zero-order valence-electron chi connectivity index (χ0n) is 11.6. The van der Waals surface area contributed by atoms with Gasteiger partial charge in [0.15, 0.2) is 0 Å². The van der Waals surface area contributed by atoms with Gasteiger partial charge in [-0.1, -0.05) is 20.8 Å². The number of rotatable bonds is 7. The predicted octanol–water partition coefficient (Wildman–Crippen LogP) is 1.82. The largest absolute Gasteiger partial charge is 0.492 e. The van der Waals surface area contributed by atoms with Crippen LogP contribution >= 0.6 is 0 Å². The summed E-state index contributed by atoms with van der Waals surface area (Å²) in [6.07, 6.45) is 0. The third kappa shape index (κ3) is 5.26. The first-order valence-electron chi connectivity index (χ1n) is 6.34. The lowest BCUT2D eigenvalue weighted by molar-refractivity contribution is -0.122. The number of ether oxygens (including phenoxy) is 1. The SMILES string of the molecule is CC(C)NCc1cc(F)ccc1OCC(C)C(N)=O. The maximum Gasteiger partial charge on any atom is 0.223 e. The van der Waals surface area contributed by atoms with Crippen molar-refractivity contribution in [2.45, 2.75) is 33.4 Å². The van der Waals surface area contributed by atoms with E-state index in [2.05, 4.69) is 5.32 Å². The molecule has 0 saturated heterocycles. The van der Waals surface area contributed by atoms with E-state index in [1.165, 1.54) is 12.1 Å². The van der Waals surface area contributed by atoms with Gasteiger partial charge in [0.1, 0.15) is 11.6 Å². The highest BCUT2D eigenvalue weighted by molar-refractivity contribution is 5.76.